The van der Waals surface area contributed by atoms with Gasteiger partial charge in [0.1, 0.15) is 0 Å². The molecule has 0 radical (unpaired) electrons. The molecule has 0 heterocycles. The van der Waals surface area contributed by atoms with Crippen molar-refractivity contribution in [2.45, 2.75) is 32.7 Å². The molecule has 0 amide bonds. The highest BCUT2D eigenvalue weighted by molar-refractivity contribution is 6.69. The monoisotopic (exact) mass is 262 g/mol. The number of carbonyl (C=O) groups excluding carboxylic acids is 2. The molecule has 1 atom stereocenters. The van der Waals surface area contributed by atoms with E-state index < -0.39 is 33.0 Å². The number of aliphatic hydroxyl groups is 2. The highest BCUT2D eigenvalue weighted by atomic mass is 28.4. The van der Waals surface area contributed by atoms with E-state index in [9.17, 15) is 9.59 Å². The first-order valence-corrected chi connectivity index (χ1v) is 8.47. The maximum Gasteiger partial charge on any atom is 0.345 e. The summed E-state index contributed by atoms with van der Waals surface area (Å²) in [7, 11) is -1.79. The third-order valence-corrected chi connectivity index (χ3v) is 2.37. The zero-order valence-corrected chi connectivity index (χ0v) is 11.4. The predicted octanol–water partition coefficient (Wildman–Crippen LogP) is 0.165. The molecule has 0 fully saturated rings. The van der Waals surface area contributed by atoms with E-state index in [0.717, 1.165) is 0 Å². The minimum atomic E-state index is -1.79. The molecule has 0 rings (SSSR count). The van der Waals surface area contributed by atoms with Gasteiger partial charge in [0.15, 0.2) is 6.10 Å². The van der Waals surface area contributed by atoms with Crippen molar-refractivity contribution < 1.29 is 29.0 Å². The van der Waals surface area contributed by atoms with Gasteiger partial charge in [0.2, 0.25) is 8.32 Å². The van der Waals surface area contributed by atoms with Crippen molar-refractivity contribution in [3.63, 3.8) is 0 Å². The fourth-order valence-corrected chi connectivity index (χ4v) is 1.16. The van der Waals surface area contributed by atoms with Crippen molar-refractivity contribution >= 4 is 20.3 Å². The predicted molar refractivity (Wildman–Crippen MR) is 62.4 cm³/mol. The molecule has 17 heavy (non-hydrogen) atoms. The second-order valence-electron chi connectivity index (χ2n) is 4.44. The molecule has 98 valence electrons. The average Bonchev–Trinajstić information content (AvgIpc) is 2.23. The molecule has 0 aliphatic rings. The normalized spacial score (nSPS) is 14.1. The molecule has 0 bridgehead atoms. The van der Waals surface area contributed by atoms with Gasteiger partial charge in [-0.05, 0) is 26.6 Å². The van der Waals surface area contributed by atoms with Crippen molar-refractivity contribution in [2.24, 2.45) is 0 Å². The summed E-state index contributed by atoms with van der Waals surface area (Å²) in [4.78, 5) is 22.3. The molecule has 0 aromatic heterocycles. The van der Waals surface area contributed by atoms with Crippen LogP contribution in [0.2, 0.25) is 19.6 Å². The largest absolute Gasteiger partial charge is 0.549 e. The lowest BCUT2D eigenvalue weighted by Crippen LogP contribution is -2.29. The first-order chi connectivity index (χ1) is 7.67. The van der Waals surface area contributed by atoms with Gasteiger partial charge < -0.3 is 19.4 Å². The third-order valence-electron chi connectivity index (χ3n) is 1.55. The van der Waals surface area contributed by atoms with Crippen molar-refractivity contribution in [2.75, 3.05) is 6.61 Å². The molecular formula is C10H18O6Si. The highest BCUT2D eigenvalue weighted by Gasteiger charge is 2.21. The van der Waals surface area contributed by atoms with Crippen molar-refractivity contribution in [1.82, 2.24) is 0 Å². The Bertz CT molecular complexity index is 317. The molecule has 0 aromatic rings. The Kier molecular flexibility index (Phi) is 6.07. The SMILES string of the molecule is C/C(=C\O[Si](C)(C)C)C(=O)OC(=O)C(O)CO. The molecule has 0 aromatic carbocycles. The number of carbonyl (C=O) groups is 2. The van der Waals surface area contributed by atoms with E-state index in [1.807, 2.05) is 19.6 Å². The summed E-state index contributed by atoms with van der Waals surface area (Å²) < 4.78 is 9.64. The van der Waals surface area contributed by atoms with Crippen LogP contribution in [0.5, 0.6) is 0 Å². The van der Waals surface area contributed by atoms with E-state index in [-0.39, 0.29) is 5.57 Å². The quantitative estimate of drug-likeness (QED) is 0.241. The van der Waals surface area contributed by atoms with Gasteiger partial charge in [-0.2, -0.15) is 0 Å². The Morgan fingerprint density at radius 3 is 2.29 bits per heavy atom. The van der Waals surface area contributed by atoms with E-state index in [0.29, 0.717) is 0 Å². The van der Waals surface area contributed by atoms with Crippen molar-refractivity contribution in [3.8, 4) is 0 Å². The molecule has 6 nitrogen and oxygen atoms in total. The minimum Gasteiger partial charge on any atom is -0.549 e. The van der Waals surface area contributed by atoms with Crippen LogP contribution in [0.25, 0.3) is 0 Å². The topological polar surface area (TPSA) is 93.1 Å². The summed E-state index contributed by atoms with van der Waals surface area (Å²) in [5.41, 5.74) is 0.117. The number of esters is 2. The van der Waals surface area contributed by atoms with E-state index in [1.54, 1.807) is 0 Å². The highest BCUT2D eigenvalue weighted by Crippen LogP contribution is 2.06. The Morgan fingerprint density at radius 2 is 1.88 bits per heavy atom. The summed E-state index contributed by atoms with van der Waals surface area (Å²) in [6.45, 7) is 6.44. The van der Waals surface area contributed by atoms with E-state index >= 15 is 0 Å². The standard InChI is InChI=1S/C10H18O6Si/c1-7(6-15-17(2,3)4)9(13)16-10(14)8(12)5-11/h6,8,11-12H,5H2,1-4H3/b7-6+. The van der Waals surface area contributed by atoms with Gasteiger partial charge >= 0.3 is 11.9 Å². The lowest BCUT2D eigenvalue weighted by molar-refractivity contribution is -0.164. The smallest absolute Gasteiger partial charge is 0.345 e. The molecule has 1 unspecified atom stereocenters. The first kappa shape index (κ1) is 15.8. The van der Waals surface area contributed by atoms with Crippen LogP contribution in [0.4, 0.5) is 0 Å². The average molecular weight is 262 g/mol. The second-order valence-corrected chi connectivity index (χ2v) is 8.90. The molecule has 2 N–H and O–H groups in total. The number of hydrogen-bond donors (Lipinski definition) is 2. The fraction of sp³-hybridized carbons (Fsp3) is 0.600. The number of ether oxygens (including phenoxy) is 1. The lowest BCUT2D eigenvalue weighted by Gasteiger charge is -2.15. The van der Waals surface area contributed by atoms with Gasteiger partial charge in [0.25, 0.3) is 0 Å². The van der Waals surface area contributed by atoms with Crippen LogP contribution in [-0.4, -0.2) is 43.2 Å². The van der Waals surface area contributed by atoms with Gasteiger partial charge in [-0.15, -0.1) is 0 Å². The third kappa shape index (κ3) is 6.87. The van der Waals surface area contributed by atoms with Crippen LogP contribution in [0, 0.1) is 0 Å². The summed E-state index contributed by atoms with van der Waals surface area (Å²) in [6, 6.07) is 0. The van der Waals surface area contributed by atoms with Gasteiger partial charge in [-0.25, -0.2) is 9.59 Å². The molecule has 0 saturated carbocycles. The van der Waals surface area contributed by atoms with Gasteiger partial charge in [0.05, 0.1) is 18.4 Å². The van der Waals surface area contributed by atoms with E-state index in [1.165, 1.54) is 13.2 Å². The van der Waals surface area contributed by atoms with Crippen LogP contribution in [0.15, 0.2) is 11.8 Å². The van der Waals surface area contributed by atoms with Gasteiger partial charge in [-0.3, -0.25) is 0 Å². The van der Waals surface area contributed by atoms with Crippen LogP contribution in [0.1, 0.15) is 6.92 Å². The zero-order valence-electron chi connectivity index (χ0n) is 10.4. The number of rotatable bonds is 5. The van der Waals surface area contributed by atoms with Crippen LogP contribution in [0.3, 0.4) is 0 Å². The molecule has 7 heteroatoms. The Morgan fingerprint density at radius 1 is 1.35 bits per heavy atom. The fourth-order valence-electron chi connectivity index (χ4n) is 0.628. The zero-order chi connectivity index (χ0) is 13.6. The maximum absolute atomic E-state index is 11.3. The summed E-state index contributed by atoms with van der Waals surface area (Å²) in [5, 5.41) is 17.4. The molecule has 0 saturated heterocycles. The summed E-state index contributed by atoms with van der Waals surface area (Å²) in [6.07, 6.45) is -0.461. The molecule has 0 aliphatic carbocycles. The van der Waals surface area contributed by atoms with Gasteiger partial charge in [0, 0.05) is 0 Å². The van der Waals surface area contributed by atoms with Crippen molar-refractivity contribution in [1.29, 1.82) is 0 Å². The van der Waals surface area contributed by atoms with Crippen molar-refractivity contribution in [3.05, 3.63) is 11.8 Å². The Hall–Kier alpha value is -1.18. The van der Waals surface area contributed by atoms with Crippen LogP contribution >= 0.6 is 0 Å². The number of hydrogen-bond acceptors (Lipinski definition) is 6. The molecule has 0 spiro atoms. The summed E-state index contributed by atoms with van der Waals surface area (Å²) in [5.74, 6) is -2.08. The van der Waals surface area contributed by atoms with Gasteiger partial charge in [-0.1, -0.05) is 0 Å². The Balaban J connectivity index is 4.37. The minimum absolute atomic E-state index is 0.117. The molecular weight excluding hydrogens is 244 g/mol. The number of aliphatic hydroxyl groups excluding tert-OH is 2. The van der Waals surface area contributed by atoms with E-state index in [2.05, 4.69) is 4.74 Å². The first-order valence-electron chi connectivity index (χ1n) is 5.07. The van der Waals surface area contributed by atoms with E-state index in [4.69, 9.17) is 14.6 Å². The molecule has 0 aliphatic heterocycles. The Labute approximate surface area is 101 Å². The van der Waals surface area contributed by atoms with Crippen LogP contribution in [-0.2, 0) is 18.8 Å². The summed E-state index contributed by atoms with van der Waals surface area (Å²) >= 11 is 0. The maximum atomic E-state index is 11.3. The second kappa shape index (κ2) is 6.53. The van der Waals surface area contributed by atoms with Crippen LogP contribution < -0.4 is 0 Å². The lowest BCUT2D eigenvalue weighted by atomic mass is 10.3.